The summed E-state index contributed by atoms with van der Waals surface area (Å²) in [6.45, 7) is 3.46. The second-order valence-electron chi connectivity index (χ2n) is 3.72. The summed E-state index contributed by atoms with van der Waals surface area (Å²) in [6, 6.07) is 3.26. The lowest BCUT2D eigenvalue weighted by Gasteiger charge is -2.25. The Morgan fingerprint density at radius 1 is 1.53 bits per heavy atom. The van der Waals surface area contributed by atoms with Crippen LogP contribution in [0, 0.1) is 0 Å². The third kappa shape index (κ3) is 1.77. The molecule has 1 aliphatic heterocycles. The quantitative estimate of drug-likeness (QED) is 0.747. The largest absolute Gasteiger partial charge is 0.416 e. The minimum Gasteiger partial charge on any atom is -0.416 e. The first-order valence-corrected chi connectivity index (χ1v) is 5.53. The smallest absolute Gasteiger partial charge is 0.343 e. The summed E-state index contributed by atoms with van der Waals surface area (Å²) in [5.41, 5.74) is 0.743. The number of carbonyl (C=O) groups is 2. The van der Waals surface area contributed by atoms with Gasteiger partial charge in [-0.3, -0.25) is 9.78 Å². The van der Waals surface area contributed by atoms with Crippen LogP contribution in [0.3, 0.4) is 0 Å². The van der Waals surface area contributed by atoms with Crippen LogP contribution < -0.4 is 0 Å². The first-order chi connectivity index (χ1) is 8.13. The molecular formula is C12H13NO4. The molecule has 0 spiro atoms. The number of fused-ring (bicyclic) bond motifs is 1. The number of aromatic nitrogens is 1. The van der Waals surface area contributed by atoms with Gasteiger partial charge in [-0.25, -0.2) is 4.79 Å². The zero-order chi connectivity index (χ0) is 12.5. The number of nitrogens with zero attached hydrogens (tertiary/aromatic N) is 1. The van der Waals surface area contributed by atoms with E-state index in [1.807, 2.05) is 0 Å². The Hall–Kier alpha value is -1.91. The molecule has 0 aromatic carbocycles. The van der Waals surface area contributed by atoms with Gasteiger partial charge in [0.05, 0.1) is 5.56 Å². The van der Waals surface area contributed by atoms with Crippen molar-refractivity contribution in [1.29, 1.82) is 0 Å². The predicted octanol–water partition coefficient (Wildman–Crippen LogP) is 1.77. The van der Waals surface area contributed by atoms with Gasteiger partial charge in [0.25, 0.3) is 0 Å². The molecule has 1 aromatic heterocycles. The number of rotatable bonds is 3. The maximum absolute atomic E-state index is 11.7. The minimum atomic E-state index is -1.35. The molecule has 2 rings (SSSR count). The van der Waals surface area contributed by atoms with E-state index in [1.54, 1.807) is 32.2 Å². The Morgan fingerprint density at radius 2 is 2.29 bits per heavy atom. The predicted molar refractivity (Wildman–Crippen MR) is 58.0 cm³/mol. The molecule has 1 atom stereocenters. The number of hydrogen-bond donors (Lipinski definition) is 0. The molecule has 17 heavy (non-hydrogen) atoms. The molecular weight excluding hydrogens is 222 g/mol. The summed E-state index contributed by atoms with van der Waals surface area (Å²) in [4.78, 5) is 27.2. The van der Waals surface area contributed by atoms with E-state index in [0.717, 1.165) is 0 Å². The molecule has 0 radical (unpaired) electrons. The fourth-order valence-corrected chi connectivity index (χ4v) is 1.76. The topological polar surface area (TPSA) is 65.5 Å². The van der Waals surface area contributed by atoms with Gasteiger partial charge >= 0.3 is 17.7 Å². The van der Waals surface area contributed by atoms with E-state index in [-0.39, 0.29) is 6.42 Å². The molecule has 0 bridgehead atoms. The number of esters is 2. The summed E-state index contributed by atoms with van der Waals surface area (Å²) < 4.78 is 10.4. The highest BCUT2D eigenvalue weighted by Gasteiger charge is 2.49. The Kier molecular flexibility index (Phi) is 2.83. The van der Waals surface area contributed by atoms with E-state index in [1.165, 1.54) is 0 Å². The van der Waals surface area contributed by atoms with Crippen LogP contribution in [0.5, 0.6) is 0 Å². The lowest BCUT2D eigenvalue weighted by Crippen LogP contribution is -2.32. The van der Waals surface area contributed by atoms with E-state index in [9.17, 15) is 9.59 Å². The van der Waals surface area contributed by atoms with Crippen molar-refractivity contribution in [3.05, 3.63) is 29.6 Å². The summed E-state index contributed by atoms with van der Waals surface area (Å²) in [7, 11) is 0. The van der Waals surface area contributed by atoms with Crippen molar-refractivity contribution in [3.63, 3.8) is 0 Å². The standard InChI is InChI=1S/C12H13NO4/c1-3-9(14)16-12(4-2)10-8(11(15)17-12)6-5-7-13-10/h5-7H,3-4H2,1-2H3. The molecule has 0 saturated heterocycles. The van der Waals surface area contributed by atoms with Gasteiger partial charge < -0.3 is 9.47 Å². The highest BCUT2D eigenvalue weighted by atomic mass is 16.7. The second-order valence-corrected chi connectivity index (χ2v) is 3.72. The summed E-state index contributed by atoms with van der Waals surface area (Å²) in [5, 5.41) is 0. The van der Waals surface area contributed by atoms with Crippen LogP contribution in [-0.4, -0.2) is 16.9 Å². The molecule has 0 amide bonds. The van der Waals surface area contributed by atoms with Crippen LogP contribution in [0.4, 0.5) is 0 Å². The molecule has 1 unspecified atom stereocenters. The minimum absolute atomic E-state index is 0.224. The number of carbonyl (C=O) groups excluding carboxylic acids is 2. The fourth-order valence-electron chi connectivity index (χ4n) is 1.76. The van der Waals surface area contributed by atoms with Gasteiger partial charge in [0, 0.05) is 19.0 Å². The molecule has 90 valence electrons. The van der Waals surface area contributed by atoms with Crippen LogP contribution in [-0.2, 0) is 20.1 Å². The average Bonchev–Trinajstić information content (AvgIpc) is 2.64. The van der Waals surface area contributed by atoms with Gasteiger partial charge in [-0.15, -0.1) is 0 Å². The van der Waals surface area contributed by atoms with E-state index in [2.05, 4.69) is 4.98 Å². The maximum Gasteiger partial charge on any atom is 0.343 e. The van der Waals surface area contributed by atoms with Gasteiger partial charge in [-0.05, 0) is 12.1 Å². The van der Waals surface area contributed by atoms with Crippen LogP contribution in [0.15, 0.2) is 18.3 Å². The highest BCUT2D eigenvalue weighted by molar-refractivity contribution is 5.94. The molecule has 2 heterocycles. The molecule has 0 N–H and O–H groups in total. The van der Waals surface area contributed by atoms with Gasteiger partial charge in [0.15, 0.2) is 0 Å². The zero-order valence-corrected chi connectivity index (χ0v) is 9.73. The second kappa shape index (κ2) is 4.16. The van der Waals surface area contributed by atoms with Gasteiger partial charge in [0.1, 0.15) is 5.69 Å². The summed E-state index contributed by atoms with van der Waals surface area (Å²) in [6.07, 6.45) is 2.11. The third-order valence-corrected chi connectivity index (χ3v) is 2.68. The molecule has 5 heteroatoms. The number of ether oxygens (including phenoxy) is 2. The monoisotopic (exact) mass is 235 g/mol. The lowest BCUT2D eigenvalue weighted by atomic mass is 10.1. The Morgan fingerprint density at radius 3 is 2.94 bits per heavy atom. The molecule has 0 aliphatic carbocycles. The van der Waals surface area contributed by atoms with Crippen LogP contribution >= 0.6 is 0 Å². The average molecular weight is 235 g/mol. The zero-order valence-electron chi connectivity index (χ0n) is 9.73. The Balaban J connectivity index is 2.44. The molecule has 5 nitrogen and oxygen atoms in total. The SMILES string of the molecule is CCC(=O)OC1(CC)OC(=O)c2cccnc21. The van der Waals surface area contributed by atoms with Crippen LogP contribution in [0.1, 0.15) is 42.7 Å². The lowest BCUT2D eigenvalue weighted by molar-refractivity contribution is -0.212. The molecule has 0 saturated carbocycles. The number of cyclic esters (lactones) is 1. The van der Waals surface area contributed by atoms with Crippen molar-refractivity contribution in [2.75, 3.05) is 0 Å². The van der Waals surface area contributed by atoms with Crippen molar-refractivity contribution in [1.82, 2.24) is 4.98 Å². The first kappa shape index (κ1) is 11.6. The highest BCUT2D eigenvalue weighted by Crippen LogP contribution is 2.38. The summed E-state index contributed by atoms with van der Waals surface area (Å²) in [5.74, 6) is -2.27. The van der Waals surface area contributed by atoms with E-state index < -0.39 is 17.7 Å². The molecule has 0 fully saturated rings. The van der Waals surface area contributed by atoms with Crippen molar-refractivity contribution in [2.45, 2.75) is 32.5 Å². The van der Waals surface area contributed by atoms with E-state index in [4.69, 9.17) is 9.47 Å². The van der Waals surface area contributed by atoms with Crippen molar-refractivity contribution >= 4 is 11.9 Å². The first-order valence-electron chi connectivity index (χ1n) is 5.53. The molecule has 1 aromatic rings. The van der Waals surface area contributed by atoms with Gasteiger partial charge in [-0.2, -0.15) is 0 Å². The van der Waals surface area contributed by atoms with Crippen molar-refractivity contribution in [3.8, 4) is 0 Å². The normalized spacial score (nSPS) is 21.9. The summed E-state index contributed by atoms with van der Waals surface area (Å²) >= 11 is 0. The third-order valence-electron chi connectivity index (χ3n) is 2.68. The number of pyridine rings is 1. The van der Waals surface area contributed by atoms with Gasteiger partial charge in [0.2, 0.25) is 0 Å². The number of hydrogen-bond acceptors (Lipinski definition) is 5. The van der Waals surface area contributed by atoms with E-state index >= 15 is 0 Å². The van der Waals surface area contributed by atoms with E-state index in [0.29, 0.717) is 17.7 Å². The van der Waals surface area contributed by atoms with Gasteiger partial charge in [-0.1, -0.05) is 13.8 Å². The van der Waals surface area contributed by atoms with Crippen LogP contribution in [0.25, 0.3) is 0 Å². The van der Waals surface area contributed by atoms with Crippen LogP contribution in [0.2, 0.25) is 0 Å². The van der Waals surface area contributed by atoms with Crippen molar-refractivity contribution < 1.29 is 19.1 Å². The van der Waals surface area contributed by atoms with Crippen molar-refractivity contribution in [2.24, 2.45) is 0 Å². The maximum atomic E-state index is 11.7. The Labute approximate surface area is 98.7 Å². The Bertz CT molecular complexity index is 471. The molecule has 1 aliphatic rings. The fraction of sp³-hybridized carbons (Fsp3) is 0.417.